The number of benzene rings is 1. The summed E-state index contributed by atoms with van der Waals surface area (Å²) in [7, 11) is 0. The van der Waals surface area contributed by atoms with Crippen molar-refractivity contribution in [1.82, 2.24) is 9.80 Å². The molecule has 3 aliphatic rings. The van der Waals surface area contributed by atoms with Gasteiger partial charge in [-0.05, 0) is 30.5 Å². The van der Waals surface area contributed by atoms with E-state index in [1.165, 1.54) is 12.0 Å². The van der Waals surface area contributed by atoms with Crippen LogP contribution in [-0.2, 0) is 16.0 Å². The van der Waals surface area contributed by atoms with E-state index in [-0.39, 0.29) is 5.82 Å². The van der Waals surface area contributed by atoms with Crippen molar-refractivity contribution >= 4 is 0 Å². The highest BCUT2D eigenvalue weighted by Gasteiger charge is 2.46. The maximum absolute atomic E-state index is 13.1. The number of fused-ring (bicyclic) bond motifs is 1. The Bertz CT molecular complexity index is 518. The van der Waals surface area contributed by atoms with Gasteiger partial charge < -0.3 is 9.47 Å². The fraction of sp³-hybridized carbons (Fsp3) is 0.667. The third-order valence-corrected chi connectivity index (χ3v) is 5.42. The maximum Gasteiger partial charge on any atom is 0.123 e. The van der Waals surface area contributed by atoms with E-state index in [0.29, 0.717) is 18.2 Å². The molecule has 0 spiro atoms. The van der Waals surface area contributed by atoms with Gasteiger partial charge in [0.2, 0.25) is 0 Å². The van der Waals surface area contributed by atoms with E-state index in [9.17, 15) is 4.39 Å². The number of rotatable bonds is 3. The highest BCUT2D eigenvalue weighted by Crippen LogP contribution is 2.33. The molecular weight excluding hydrogens is 295 g/mol. The number of hydrogen-bond acceptors (Lipinski definition) is 4. The molecule has 1 aromatic carbocycles. The average molecular weight is 320 g/mol. The monoisotopic (exact) mass is 320 g/mol. The highest BCUT2D eigenvalue weighted by molar-refractivity contribution is 5.17. The van der Waals surface area contributed by atoms with Crippen LogP contribution >= 0.6 is 0 Å². The van der Waals surface area contributed by atoms with Gasteiger partial charge in [0.25, 0.3) is 0 Å². The van der Waals surface area contributed by atoms with Gasteiger partial charge in [0.1, 0.15) is 5.82 Å². The van der Waals surface area contributed by atoms with Crippen LogP contribution in [0.3, 0.4) is 0 Å². The van der Waals surface area contributed by atoms with Crippen molar-refractivity contribution in [2.75, 3.05) is 39.5 Å². The van der Waals surface area contributed by atoms with Crippen LogP contribution in [0.1, 0.15) is 18.4 Å². The first kappa shape index (κ1) is 15.5. The number of halogens is 1. The molecule has 5 heteroatoms. The zero-order chi connectivity index (χ0) is 15.6. The van der Waals surface area contributed by atoms with Crippen molar-refractivity contribution in [2.45, 2.75) is 37.6 Å². The van der Waals surface area contributed by atoms with Gasteiger partial charge >= 0.3 is 0 Å². The number of hydrogen-bond donors (Lipinski definition) is 0. The second-order valence-electron chi connectivity index (χ2n) is 6.82. The van der Waals surface area contributed by atoms with Gasteiger partial charge in [-0.1, -0.05) is 12.1 Å². The molecule has 0 aromatic heterocycles. The van der Waals surface area contributed by atoms with Crippen LogP contribution in [0.5, 0.6) is 0 Å². The Morgan fingerprint density at radius 1 is 1.04 bits per heavy atom. The molecule has 3 aliphatic heterocycles. The van der Waals surface area contributed by atoms with Crippen LogP contribution in [-0.4, -0.2) is 67.4 Å². The van der Waals surface area contributed by atoms with Crippen molar-refractivity contribution < 1.29 is 13.9 Å². The summed E-state index contributed by atoms with van der Waals surface area (Å²) in [4.78, 5) is 5.08. The Morgan fingerprint density at radius 3 is 2.61 bits per heavy atom. The van der Waals surface area contributed by atoms with E-state index in [2.05, 4.69) is 9.80 Å². The summed E-state index contributed by atoms with van der Waals surface area (Å²) in [5, 5.41) is 0. The molecule has 4 rings (SSSR count). The summed E-state index contributed by atoms with van der Waals surface area (Å²) in [5.74, 6) is -0.166. The molecule has 0 N–H and O–H groups in total. The standard InChI is InChI=1S/C18H25FN2O2/c19-15-5-3-14(4-6-15)12-21-13-17(20-7-10-22-11-8-20)18-16(21)2-1-9-23-18/h3-6,16-18H,1-2,7-13H2/t16-,17-,18+/m0/s1. The van der Waals surface area contributed by atoms with E-state index in [0.717, 1.165) is 52.4 Å². The Morgan fingerprint density at radius 2 is 1.83 bits per heavy atom. The van der Waals surface area contributed by atoms with Gasteiger partial charge in [-0.25, -0.2) is 4.39 Å². The molecule has 0 unspecified atom stereocenters. The smallest absolute Gasteiger partial charge is 0.123 e. The van der Waals surface area contributed by atoms with E-state index < -0.39 is 0 Å². The number of morpholine rings is 1. The van der Waals surface area contributed by atoms with E-state index in [4.69, 9.17) is 9.47 Å². The summed E-state index contributed by atoms with van der Waals surface area (Å²) >= 11 is 0. The van der Waals surface area contributed by atoms with Crippen molar-refractivity contribution in [2.24, 2.45) is 0 Å². The molecule has 3 atom stereocenters. The van der Waals surface area contributed by atoms with Crippen molar-refractivity contribution in [1.29, 1.82) is 0 Å². The largest absolute Gasteiger partial charge is 0.379 e. The highest BCUT2D eigenvalue weighted by atomic mass is 19.1. The van der Waals surface area contributed by atoms with Crippen LogP contribution < -0.4 is 0 Å². The summed E-state index contributed by atoms with van der Waals surface area (Å²) in [6.07, 6.45) is 2.64. The van der Waals surface area contributed by atoms with Crippen LogP contribution in [0.2, 0.25) is 0 Å². The lowest BCUT2D eigenvalue weighted by Gasteiger charge is -2.37. The molecule has 0 radical (unpaired) electrons. The minimum absolute atomic E-state index is 0.166. The minimum atomic E-state index is -0.166. The number of likely N-dealkylation sites (tertiary alicyclic amines) is 1. The van der Waals surface area contributed by atoms with Crippen LogP contribution in [0.25, 0.3) is 0 Å². The second-order valence-corrected chi connectivity index (χ2v) is 6.82. The molecule has 3 fully saturated rings. The van der Waals surface area contributed by atoms with Crippen LogP contribution in [0.4, 0.5) is 4.39 Å². The number of ether oxygens (including phenoxy) is 2. The zero-order valence-corrected chi connectivity index (χ0v) is 13.5. The lowest BCUT2D eigenvalue weighted by atomic mass is 9.99. The van der Waals surface area contributed by atoms with Gasteiger partial charge in [-0.2, -0.15) is 0 Å². The Kier molecular flexibility index (Phi) is 4.62. The third kappa shape index (κ3) is 3.29. The van der Waals surface area contributed by atoms with Crippen molar-refractivity contribution in [3.8, 4) is 0 Å². The van der Waals surface area contributed by atoms with Gasteiger partial charge in [0.15, 0.2) is 0 Å². The molecule has 3 heterocycles. The first-order valence-corrected chi connectivity index (χ1v) is 8.73. The van der Waals surface area contributed by atoms with Crippen LogP contribution in [0, 0.1) is 5.82 Å². The summed E-state index contributed by atoms with van der Waals surface area (Å²) in [5.41, 5.74) is 1.18. The van der Waals surface area contributed by atoms with Crippen molar-refractivity contribution in [3.63, 3.8) is 0 Å². The quantitative estimate of drug-likeness (QED) is 0.849. The topological polar surface area (TPSA) is 24.9 Å². The lowest BCUT2D eigenvalue weighted by Crippen LogP contribution is -2.51. The lowest BCUT2D eigenvalue weighted by molar-refractivity contribution is -0.0593. The fourth-order valence-corrected chi connectivity index (χ4v) is 4.26. The number of nitrogens with zero attached hydrogens (tertiary/aromatic N) is 2. The Hall–Kier alpha value is -1.01. The predicted molar refractivity (Wildman–Crippen MR) is 85.8 cm³/mol. The molecular formula is C18H25FN2O2. The first-order chi connectivity index (χ1) is 11.3. The van der Waals surface area contributed by atoms with Crippen LogP contribution in [0.15, 0.2) is 24.3 Å². The van der Waals surface area contributed by atoms with E-state index in [1.807, 2.05) is 12.1 Å². The summed E-state index contributed by atoms with van der Waals surface area (Å²) < 4.78 is 24.8. The van der Waals surface area contributed by atoms with E-state index >= 15 is 0 Å². The second kappa shape index (κ2) is 6.85. The zero-order valence-electron chi connectivity index (χ0n) is 13.5. The predicted octanol–water partition coefficient (Wildman–Crippen LogP) is 1.89. The summed E-state index contributed by atoms with van der Waals surface area (Å²) in [6.45, 7) is 6.45. The molecule has 1 aromatic rings. The Labute approximate surface area is 137 Å². The Balaban J connectivity index is 1.49. The molecule has 0 aliphatic carbocycles. The molecule has 0 amide bonds. The van der Waals surface area contributed by atoms with Gasteiger partial charge in [-0.15, -0.1) is 0 Å². The van der Waals surface area contributed by atoms with Gasteiger partial charge in [0.05, 0.1) is 25.4 Å². The van der Waals surface area contributed by atoms with E-state index in [1.54, 1.807) is 12.1 Å². The average Bonchev–Trinajstić information content (AvgIpc) is 2.97. The molecule has 126 valence electrons. The summed E-state index contributed by atoms with van der Waals surface area (Å²) in [6, 6.07) is 7.86. The molecule has 0 saturated carbocycles. The molecule has 4 nitrogen and oxygen atoms in total. The minimum Gasteiger partial charge on any atom is -0.379 e. The van der Waals surface area contributed by atoms with Gasteiger partial charge in [-0.3, -0.25) is 9.80 Å². The molecule has 23 heavy (non-hydrogen) atoms. The maximum atomic E-state index is 13.1. The normalized spacial score (nSPS) is 32.8. The fourth-order valence-electron chi connectivity index (χ4n) is 4.26. The molecule has 3 saturated heterocycles. The SMILES string of the molecule is Fc1ccc(CN2C[C@H](N3CCOCC3)[C@@H]3OCCC[C@@H]32)cc1. The third-order valence-electron chi connectivity index (χ3n) is 5.42. The van der Waals surface area contributed by atoms with Crippen molar-refractivity contribution in [3.05, 3.63) is 35.6 Å². The van der Waals surface area contributed by atoms with Gasteiger partial charge in [0, 0.05) is 38.8 Å². The first-order valence-electron chi connectivity index (χ1n) is 8.73. The molecule has 0 bridgehead atoms.